The van der Waals surface area contributed by atoms with Crippen LogP contribution in [0.1, 0.15) is 39.0 Å². The lowest BCUT2D eigenvalue weighted by molar-refractivity contribution is -0.135. The fourth-order valence-corrected chi connectivity index (χ4v) is 2.05. The maximum absolute atomic E-state index is 12.1. The summed E-state index contributed by atoms with van der Waals surface area (Å²) in [6.45, 7) is 4.66. The van der Waals surface area contributed by atoms with Crippen LogP contribution >= 0.6 is 12.4 Å². The largest absolute Gasteiger partial charge is 0.381 e. The molecule has 0 bridgehead atoms. The molecule has 1 rings (SSSR count). The minimum atomic E-state index is -0.371. The summed E-state index contributed by atoms with van der Waals surface area (Å²) in [6, 6.07) is 0. The number of hydrogen-bond donors (Lipinski definition) is 2. The molecule has 0 aliphatic carbocycles. The molecule has 0 saturated carbocycles. The van der Waals surface area contributed by atoms with E-state index in [0.717, 1.165) is 25.8 Å². The van der Waals surface area contributed by atoms with Crippen LogP contribution in [0, 0.1) is 5.41 Å². The molecule has 17 heavy (non-hydrogen) atoms. The minimum absolute atomic E-state index is 0. The molecular weight excluding hydrogens is 240 g/mol. The fraction of sp³-hybridized carbons (Fsp3) is 0.917. The van der Waals surface area contributed by atoms with E-state index in [2.05, 4.69) is 12.2 Å². The molecule has 0 unspecified atom stereocenters. The summed E-state index contributed by atoms with van der Waals surface area (Å²) >= 11 is 0. The van der Waals surface area contributed by atoms with E-state index in [4.69, 9.17) is 10.5 Å². The van der Waals surface area contributed by atoms with Gasteiger partial charge in [0.15, 0.2) is 0 Å². The van der Waals surface area contributed by atoms with E-state index in [1.807, 2.05) is 0 Å². The van der Waals surface area contributed by atoms with Gasteiger partial charge in [0.05, 0.1) is 5.41 Å². The van der Waals surface area contributed by atoms with Crippen LogP contribution in [0.3, 0.4) is 0 Å². The molecule has 4 nitrogen and oxygen atoms in total. The van der Waals surface area contributed by atoms with E-state index < -0.39 is 0 Å². The first-order valence-electron chi connectivity index (χ1n) is 6.31. The van der Waals surface area contributed by atoms with E-state index in [1.54, 1.807) is 0 Å². The van der Waals surface area contributed by atoms with Crippen LogP contribution in [0.4, 0.5) is 0 Å². The van der Waals surface area contributed by atoms with Crippen molar-refractivity contribution >= 4 is 18.3 Å². The van der Waals surface area contributed by atoms with E-state index in [1.165, 1.54) is 12.8 Å². The molecule has 1 fully saturated rings. The number of nitrogens with two attached hydrogens (primary N) is 1. The van der Waals surface area contributed by atoms with Gasteiger partial charge < -0.3 is 15.8 Å². The highest BCUT2D eigenvalue weighted by atomic mass is 35.5. The van der Waals surface area contributed by atoms with Gasteiger partial charge in [0.1, 0.15) is 0 Å². The van der Waals surface area contributed by atoms with Crippen molar-refractivity contribution < 1.29 is 9.53 Å². The highest BCUT2D eigenvalue weighted by Gasteiger charge is 2.38. The van der Waals surface area contributed by atoms with Gasteiger partial charge in [-0.25, -0.2) is 0 Å². The van der Waals surface area contributed by atoms with Crippen LogP contribution < -0.4 is 11.1 Å². The van der Waals surface area contributed by atoms with E-state index in [0.29, 0.717) is 19.8 Å². The van der Waals surface area contributed by atoms with Crippen molar-refractivity contribution in [3.8, 4) is 0 Å². The predicted octanol–water partition coefficient (Wildman–Crippen LogP) is 1.47. The third-order valence-electron chi connectivity index (χ3n) is 3.39. The summed E-state index contributed by atoms with van der Waals surface area (Å²) < 4.78 is 5.28. The Kier molecular flexibility index (Phi) is 8.56. The van der Waals surface area contributed by atoms with Gasteiger partial charge in [-0.05, 0) is 19.3 Å². The first-order chi connectivity index (χ1) is 7.75. The summed E-state index contributed by atoms with van der Waals surface area (Å²) in [7, 11) is 0. The molecule has 0 spiro atoms. The van der Waals surface area contributed by atoms with E-state index in [-0.39, 0.29) is 23.7 Å². The second-order valence-electron chi connectivity index (χ2n) is 4.56. The molecule has 1 aliphatic heterocycles. The third kappa shape index (κ3) is 4.82. The number of carbonyl (C=O) groups excluding carboxylic acids is 1. The topological polar surface area (TPSA) is 64.4 Å². The molecule has 1 aliphatic rings. The average Bonchev–Trinajstić information content (AvgIpc) is 2.35. The van der Waals surface area contributed by atoms with Gasteiger partial charge in [-0.2, -0.15) is 0 Å². The lowest BCUT2D eigenvalue weighted by Gasteiger charge is -2.34. The summed E-state index contributed by atoms with van der Waals surface area (Å²) in [4.78, 5) is 12.1. The fourth-order valence-electron chi connectivity index (χ4n) is 2.05. The molecule has 1 heterocycles. The van der Waals surface area contributed by atoms with Gasteiger partial charge >= 0.3 is 0 Å². The Morgan fingerprint density at radius 3 is 2.53 bits per heavy atom. The third-order valence-corrected chi connectivity index (χ3v) is 3.39. The SMILES string of the molecule is CCCCCNC(=O)C1(CN)CCOCC1.Cl. The van der Waals surface area contributed by atoms with Crippen molar-refractivity contribution in [1.29, 1.82) is 0 Å². The Morgan fingerprint density at radius 1 is 1.35 bits per heavy atom. The first-order valence-corrected chi connectivity index (χ1v) is 6.31. The zero-order valence-corrected chi connectivity index (χ0v) is 11.5. The maximum Gasteiger partial charge on any atom is 0.227 e. The number of carbonyl (C=O) groups is 1. The number of unbranched alkanes of at least 4 members (excludes halogenated alkanes) is 2. The Hall–Kier alpha value is -0.320. The van der Waals surface area contributed by atoms with Crippen molar-refractivity contribution in [3.05, 3.63) is 0 Å². The smallest absolute Gasteiger partial charge is 0.227 e. The lowest BCUT2D eigenvalue weighted by Crippen LogP contribution is -2.49. The molecular formula is C12H25ClN2O2. The second kappa shape index (κ2) is 8.72. The van der Waals surface area contributed by atoms with Crippen LogP contribution in [0.25, 0.3) is 0 Å². The Bertz CT molecular complexity index is 219. The highest BCUT2D eigenvalue weighted by Crippen LogP contribution is 2.29. The molecule has 3 N–H and O–H groups in total. The average molecular weight is 265 g/mol. The number of amides is 1. The van der Waals surface area contributed by atoms with Gasteiger partial charge in [0.2, 0.25) is 5.91 Å². The zero-order chi connectivity index (χ0) is 11.9. The minimum Gasteiger partial charge on any atom is -0.381 e. The van der Waals surface area contributed by atoms with E-state index in [9.17, 15) is 4.79 Å². The Labute approximate surface area is 110 Å². The van der Waals surface area contributed by atoms with Crippen LogP contribution in [0.5, 0.6) is 0 Å². The summed E-state index contributed by atoms with van der Waals surface area (Å²) in [5.74, 6) is 0.120. The normalized spacial score (nSPS) is 18.2. The number of hydrogen-bond acceptors (Lipinski definition) is 3. The maximum atomic E-state index is 12.1. The summed E-state index contributed by atoms with van der Waals surface area (Å²) in [5.41, 5.74) is 5.38. The molecule has 1 amide bonds. The second-order valence-corrected chi connectivity index (χ2v) is 4.56. The Balaban J connectivity index is 0.00000256. The lowest BCUT2D eigenvalue weighted by atomic mass is 9.79. The monoisotopic (exact) mass is 264 g/mol. The van der Waals surface area contributed by atoms with Crippen LogP contribution in [0.2, 0.25) is 0 Å². The van der Waals surface area contributed by atoms with Gasteiger partial charge in [-0.3, -0.25) is 4.79 Å². The number of halogens is 1. The standard InChI is InChI=1S/C12H24N2O2.ClH/c1-2-3-4-7-14-11(15)12(10-13)5-8-16-9-6-12;/h2-10,13H2,1H3,(H,14,15);1H. The van der Waals surface area contributed by atoms with Crippen molar-refractivity contribution in [1.82, 2.24) is 5.32 Å². The predicted molar refractivity (Wildman–Crippen MR) is 71.3 cm³/mol. The van der Waals surface area contributed by atoms with Gasteiger partial charge in [0.25, 0.3) is 0 Å². The van der Waals surface area contributed by atoms with Crippen molar-refractivity contribution in [2.45, 2.75) is 39.0 Å². The molecule has 1 saturated heterocycles. The number of ether oxygens (including phenoxy) is 1. The van der Waals surface area contributed by atoms with Crippen LogP contribution in [-0.2, 0) is 9.53 Å². The van der Waals surface area contributed by atoms with Crippen molar-refractivity contribution in [3.63, 3.8) is 0 Å². The number of rotatable bonds is 6. The molecule has 0 atom stereocenters. The molecule has 0 aromatic carbocycles. The summed E-state index contributed by atoms with van der Waals surface area (Å²) in [6.07, 6.45) is 4.90. The number of nitrogens with one attached hydrogen (secondary N) is 1. The van der Waals surface area contributed by atoms with Gasteiger partial charge in [-0.1, -0.05) is 19.8 Å². The first kappa shape index (κ1) is 16.7. The zero-order valence-electron chi connectivity index (χ0n) is 10.7. The molecule has 0 radical (unpaired) electrons. The van der Waals surface area contributed by atoms with Crippen molar-refractivity contribution in [2.24, 2.45) is 11.1 Å². The molecule has 0 aromatic heterocycles. The van der Waals surface area contributed by atoms with E-state index >= 15 is 0 Å². The highest BCUT2D eigenvalue weighted by molar-refractivity contribution is 5.85. The van der Waals surface area contributed by atoms with Crippen LogP contribution in [-0.4, -0.2) is 32.2 Å². The quantitative estimate of drug-likeness (QED) is 0.714. The molecule has 102 valence electrons. The van der Waals surface area contributed by atoms with Gasteiger partial charge in [-0.15, -0.1) is 12.4 Å². The Morgan fingerprint density at radius 2 is 2.00 bits per heavy atom. The van der Waals surface area contributed by atoms with Crippen LogP contribution in [0.15, 0.2) is 0 Å². The molecule has 0 aromatic rings. The molecule has 5 heteroatoms. The van der Waals surface area contributed by atoms with Gasteiger partial charge in [0, 0.05) is 26.3 Å². The summed E-state index contributed by atoms with van der Waals surface area (Å²) in [5, 5.41) is 3.00. The van der Waals surface area contributed by atoms with Crippen molar-refractivity contribution in [2.75, 3.05) is 26.3 Å².